The molecule has 0 rings (SSSR count). The zero-order valence-corrected chi connectivity index (χ0v) is 13.9. The highest BCUT2D eigenvalue weighted by Crippen LogP contribution is 2.08. The van der Waals surface area contributed by atoms with Crippen molar-refractivity contribution in [3.8, 4) is 0 Å². The van der Waals surface area contributed by atoms with Crippen molar-refractivity contribution < 1.29 is 19.2 Å². The first-order valence-electron chi connectivity index (χ1n) is 8.35. The number of carbonyl (C=O) groups is 3. The molecule has 2 amide bonds. The number of hydroxylamine groups is 1. The molecule has 0 spiro atoms. The van der Waals surface area contributed by atoms with Gasteiger partial charge in [0.25, 0.3) is 5.91 Å². The van der Waals surface area contributed by atoms with Gasteiger partial charge in [0, 0.05) is 25.8 Å². The van der Waals surface area contributed by atoms with Crippen LogP contribution in [0.3, 0.4) is 0 Å². The fourth-order valence-corrected chi connectivity index (χ4v) is 1.88. The Hall–Kier alpha value is -1.59. The van der Waals surface area contributed by atoms with Crippen molar-refractivity contribution in [2.24, 2.45) is 0 Å². The molecular weight excluding hydrogens is 284 g/mol. The van der Waals surface area contributed by atoms with Crippen LogP contribution in [0.15, 0.2) is 0 Å². The minimum atomic E-state index is -0.490. The van der Waals surface area contributed by atoms with Crippen LogP contribution in [0.2, 0.25) is 0 Å². The number of nitrogens with one attached hydrogen (secondary N) is 2. The molecule has 128 valence electrons. The van der Waals surface area contributed by atoms with Crippen molar-refractivity contribution in [2.45, 2.75) is 78.1 Å². The summed E-state index contributed by atoms with van der Waals surface area (Å²) < 4.78 is 0. The second-order valence-electron chi connectivity index (χ2n) is 5.32. The van der Waals surface area contributed by atoms with Crippen LogP contribution in [0.4, 0.5) is 0 Å². The molecule has 0 aromatic heterocycles. The summed E-state index contributed by atoms with van der Waals surface area (Å²) in [6.07, 6.45) is 8.99. The smallest absolute Gasteiger partial charge is 0.331 e. The number of carbonyl (C=O) groups excluding carboxylic acids is 3. The Labute approximate surface area is 133 Å². The van der Waals surface area contributed by atoms with Gasteiger partial charge in [0.15, 0.2) is 0 Å². The fourth-order valence-electron chi connectivity index (χ4n) is 1.88. The topological polar surface area (TPSA) is 84.5 Å². The summed E-state index contributed by atoms with van der Waals surface area (Å²) in [6, 6.07) is 0. The van der Waals surface area contributed by atoms with Gasteiger partial charge in [-0.25, -0.2) is 4.79 Å². The average Bonchev–Trinajstić information content (AvgIpc) is 2.51. The van der Waals surface area contributed by atoms with Gasteiger partial charge >= 0.3 is 5.97 Å². The van der Waals surface area contributed by atoms with E-state index in [9.17, 15) is 14.4 Å². The molecule has 0 aromatic rings. The van der Waals surface area contributed by atoms with Crippen LogP contribution in [0.5, 0.6) is 0 Å². The summed E-state index contributed by atoms with van der Waals surface area (Å²) in [7, 11) is 0. The van der Waals surface area contributed by atoms with Crippen LogP contribution >= 0.6 is 0 Å². The Morgan fingerprint density at radius 1 is 0.818 bits per heavy atom. The molecule has 0 heterocycles. The van der Waals surface area contributed by atoms with E-state index in [0.717, 1.165) is 12.8 Å². The van der Waals surface area contributed by atoms with Gasteiger partial charge in [-0.15, -0.1) is 0 Å². The molecule has 0 fully saturated rings. The molecular formula is C16H30N2O4. The molecule has 0 aliphatic carbocycles. The van der Waals surface area contributed by atoms with Crippen LogP contribution in [0.1, 0.15) is 78.1 Å². The van der Waals surface area contributed by atoms with E-state index in [1.807, 2.05) is 5.48 Å². The highest BCUT2D eigenvalue weighted by molar-refractivity contribution is 5.79. The van der Waals surface area contributed by atoms with Crippen LogP contribution in [0.25, 0.3) is 0 Å². The second-order valence-corrected chi connectivity index (χ2v) is 5.32. The number of unbranched alkanes of at least 4 members (excludes halogenated alkanes) is 6. The highest BCUT2D eigenvalue weighted by atomic mass is 16.7. The molecule has 0 aromatic carbocycles. The predicted octanol–water partition coefficient (Wildman–Crippen LogP) is 2.62. The van der Waals surface area contributed by atoms with E-state index in [1.54, 1.807) is 6.92 Å². The molecule has 0 atom stereocenters. The van der Waals surface area contributed by atoms with Gasteiger partial charge in [-0.3, -0.25) is 9.59 Å². The third kappa shape index (κ3) is 13.4. The quantitative estimate of drug-likeness (QED) is 0.428. The maximum Gasteiger partial charge on any atom is 0.331 e. The Balaban J connectivity index is 3.42. The van der Waals surface area contributed by atoms with Gasteiger partial charge in [-0.2, -0.15) is 5.48 Å². The molecule has 22 heavy (non-hydrogen) atoms. The number of amides is 2. The first kappa shape index (κ1) is 20.4. The lowest BCUT2D eigenvalue weighted by Gasteiger charge is -2.06. The summed E-state index contributed by atoms with van der Waals surface area (Å²) in [5.74, 6) is -0.943. The molecule has 6 heteroatoms. The Morgan fingerprint density at radius 3 is 2.09 bits per heavy atom. The van der Waals surface area contributed by atoms with E-state index >= 15 is 0 Å². The summed E-state index contributed by atoms with van der Waals surface area (Å²) in [4.78, 5) is 38.1. The van der Waals surface area contributed by atoms with Gasteiger partial charge in [0.05, 0.1) is 0 Å². The molecule has 0 aliphatic rings. The number of hydrogen-bond donors (Lipinski definition) is 2. The zero-order chi connectivity index (χ0) is 16.6. The van der Waals surface area contributed by atoms with Gasteiger partial charge in [-0.1, -0.05) is 52.4 Å². The fraction of sp³-hybridized carbons (Fsp3) is 0.812. The van der Waals surface area contributed by atoms with E-state index < -0.39 is 11.9 Å². The number of hydrogen-bond acceptors (Lipinski definition) is 4. The molecule has 0 aliphatic heterocycles. The van der Waals surface area contributed by atoms with Gasteiger partial charge in [-0.05, 0) is 6.42 Å². The Kier molecular flexibility index (Phi) is 13.3. The SMILES string of the molecule is CCCCCCCCCC(=O)NCCC(=O)NOC(=O)CC. The maximum absolute atomic E-state index is 11.5. The molecule has 0 bridgehead atoms. The average molecular weight is 314 g/mol. The number of rotatable bonds is 12. The zero-order valence-electron chi connectivity index (χ0n) is 13.9. The van der Waals surface area contributed by atoms with Crippen molar-refractivity contribution in [1.82, 2.24) is 10.8 Å². The predicted molar refractivity (Wildman–Crippen MR) is 84.8 cm³/mol. The van der Waals surface area contributed by atoms with Crippen molar-refractivity contribution in [3.63, 3.8) is 0 Å². The molecule has 0 radical (unpaired) electrons. The molecule has 6 nitrogen and oxygen atoms in total. The summed E-state index contributed by atoms with van der Waals surface area (Å²) in [5, 5.41) is 2.69. The summed E-state index contributed by atoms with van der Waals surface area (Å²) >= 11 is 0. The van der Waals surface area contributed by atoms with Crippen molar-refractivity contribution in [3.05, 3.63) is 0 Å². The Morgan fingerprint density at radius 2 is 1.45 bits per heavy atom. The second kappa shape index (κ2) is 14.4. The van der Waals surface area contributed by atoms with Crippen LogP contribution < -0.4 is 10.8 Å². The van der Waals surface area contributed by atoms with Gasteiger partial charge in [0.1, 0.15) is 0 Å². The summed E-state index contributed by atoms with van der Waals surface area (Å²) in [5.41, 5.74) is 2.04. The first-order chi connectivity index (χ1) is 10.6. The minimum Gasteiger partial charge on any atom is -0.356 e. The molecule has 2 N–H and O–H groups in total. The van der Waals surface area contributed by atoms with E-state index in [2.05, 4.69) is 17.1 Å². The summed E-state index contributed by atoms with van der Waals surface area (Å²) in [6.45, 7) is 4.09. The third-order valence-electron chi connectivity index (χ3n) is 3.25. The van der Waals surface area contributed by atoms with E-state index in [-0.39, 0.29) is 25.3 Å². The van der Waals surface area contributed by atoms with Crippen LogP contribution in [-0.2, 0) is 19.2 Å². The van der Waals surface area contributed by atoms with E-state index in [0.29, 0.717) is 6.42 Å². The maximum atomic E-state index is 11.5. The normalized spacial score (nSPS) is 10.1. The van der Waals surface area contributed by atoms with Gasteiger partial charge < -0.3 is 10.2 Å². The molecule has 0 saturated carbocycles. The lowest BCUT2D eigenvalue weighted by molar-refractivity contribution is -0.157. The van der Waals surface area contributed by atoms with Crippen LogP contribution in [0, 0.1) is 0 Å². The largest absolute Gasteiger partial charge is 0.356 e. The highest BCUT2D eigenvalue weighted by Gasteiger charge is 2.06. The van der Waals surface area contributed by atoms with Gasteiger partial charge in [0.2, 0.25) is 5.91 Å². The standard InChI is InChI=1S/C16H30N2O4/c1-3-5-6-7-8-9-10-11-14(19)17-13-12-15(20)18-22-16(21)4-2/h3-13H2,1-2H3,(H,17,19)(H,18,20). The Bertz CT molecular complexity index is 332. The third-order valence-corrected chi connectivity index (χ3v) is 3.25. The first-order valence-corrected chi connectivity index (χ1v) is 8.35. The lowest BCUT2D eigenvalue weighted by Crippen LogP contribution is -2.31. The minimum absolute atomic E-state index is 0.0353. The van der Waals surface area contributed by atoms with E-state index in [1.165, 1.54) is 32.1 Å². The lowest BCUT2D eigenvalue weighted by atomic mass is 10.1. The molecule has 0 unspecified atom stereocenters. The van der Waals surface area contributed by atoms with Crippen molar-refractivity contribution in [1.29, 1.82) is 0 Å². The van der Waals surface area contributed by atoms with Crippen LogP contribution in [-0.4, -0.2) is 24.3 Å². The van der Waals surface area contributed by atoms with Crippen molar-refractivity contribution >= 4 is 17.8 Å². The van der Waals surface area contributed by atoms with Crippen molar-refractivity contribution in [2.75, 3.05) is 6.54 Å². The van der Waals surface area contributed by atoms with E-state index in [4.69, 9.17) is 0 Å². The monoisotopic (exact) mass is 314 g/mol. The molecule has 0 saturated heterocycles.